The lowest BCUT2D eigenvalue weighted by Gasteiger charge is -2.10. The van der Waals surface area contributed by atoms with Crippen LogP contribution in [0, 0.1) is 0 Å². The summed E-state index contributed by atoms with van der Waals surface area (Å²) in [5.74, 6) is 1.87. The van der Waals surface area contributed by atoms with Crippen LogP contribution in [0.25, 0.3) is 11.4 Å². The molecule has 1 aromatic heterocycles. The lowest BCUT2D eigenvalue weighted by Crippen LogP contribution is -2.18. The van der Waals surface area contributed by atoms with Crippen LogP contribution in [0.15, 0.2) is 78.9 Å². The normalized spacial score (nSPS) is 10.6. The zero-order valence-electron chi connectivity index (χ0n) is 18.0. The van der Waals surface area contributed by atoms with E-state index in [1.165, 1.54) is 4.68 Å². The van der Waals surface area contributed by atoms with Gasteiger partial charge in [-0.2, -0.15) is 9.67 Å². The molecule has 0 radical (unpaired) electrons. The van der Waals surface area contributed by atoms with Gasteiger partial charge in [0.1, 0.15) is 0 Å². The summed E-state index contributed by atoms with van der Waals surface area (Å²) in [6.45, 7) is 0.525. The number of rotatable bonds is 8. The summed E-state index contributed by atoms with van der Waals surface area (Å²) in [5.41, 5.74) is 2.71. The van der Waals surface area contributed by atoms with Gasteiger partial charge in [0.25, 0.3) is 5.91 Å². The first kappa shape index (κ1) is 21.1. The standard InChI is InChI=1S/C25H24N4O3/c1-31-21-14-13-19(15-22(21)32-2)16-23(30)29-25(26-17-18-9-5-3-6-10-18)27-24(28-29)20-11-7-4-8-12-20/h3-15H,16-17H2,1-2H3,(H,26,27,28). The molecule has 0 atom stereocenters. The highest BCUT2D eigenvalue weighted by atomic mass is 16.5. The summed E-state index contributed by atoms with van der Waals surface area (Å²) >= 11 is 0. The minimum atomic E-state index is -0.206. The smallest absolute Gasteiger partial charge is 0.254 e. The van der Waals surface area contributed by atoms with Gasteiger partial charge in [-0.05, 0) is 23.3 Å². The fourth-order valence-corrected chi connectivity index (χ4v) is 3.33. The number of anilines is 1. The number of hydrogen-bond acceptors (Lipinski definition) is 6. The van der Waals surface area contributed by atoms with Crippen molar-refractivity contribution < 1.29 is 14.3 Å². The van der Waals surface area contributed by atoms with Crippen LogP contribution in [-0.4, -0.2) is 34.9 Å². The fourth-order valence-electron chi connectivity index (χ4n) is 3.33. The van der Waals surface area contributed by atoms with Gasteiger partial charge in [0.2, 0.25) is 5.95 Å². The van der Waals surface area contributed by atoms with E-state index in [4.69, 9.17) is 9.47 Å². The van der Waals surface area contributed by atoms with Crippen molar-refractivity contribution in [3.8, 4) is 22.9 Å². The number of hydrogen-bond donors (Lipinski definition) is 1. The molecule has 4 aromatic rings. The third-order valence-corrected chi connectivity index (χ3v) is 4.97. The summed E-state index contributed by atoms with van der Waals surface area (Å²) in [6.07, 6.45) is 0.137. The summed E-state index contributed by atoms with van der Waals surface area (Å²) in [6, 6.07) is 24.9. The summed E-state index contributed by atoms with van der Waals surface area (Å²) in [7, 11) is 3.15. The number of ether oxygens (including phenoxy) is 2. The van der Waals surface area contributed by atoms with Crippen molar-refractivity contribution in [2.45, 2.75) is 13.0 Å². The van der Waals surface area contributed by atoms with E-state index in [0.717, 1.165) is 16.7 Å². The van der Waals surface area contributed by atoms with Crippen molar-refractivity contribution in [2.24, 2.45) is 0 Å². The molecule has 7 nitrogen and oxygen atoms in total. The zero-order valence-corrected chi connectivity index (χ0v) is 18.0. The molecular formula is C25H24N4O3. The van der Waals surface area contributed by atoms with Gasteiger partial charge in [-0.15, -0.1) is 5.10 Å². The minimum Gasteiger partial charge on any atom is -0.493 e. The molecule has 0 bridgehead atoms. The maximum atomic E-state index is 13.2. The molecule has 0 saturated carbocycles. The van der Waals surface area contributed by atoms with E-state index in [0.29, 0.717) is 29.8 Å². The number of benzene rings is 3. The second kappa shape index (κ2) is 9.78. The van der Waals surface area contributed by atoms with Crippen molar-refractivity contribution in [3.05, 3.63) is 90.0 Å². The molecule has 0 aliphatic heterocycles. The first-order chi connectivity index (χ1) is 15.7. The lowest BCUT2D eigenvalue weighted by molar-refractivity contribution is 0.0901. The average Bonchev–Trinajstić information content (AvgIpc) is 3.28. The van der Waals surface area contributed by atoms with E-state index in [2.05, 4.69) is 15.4 Å². The van der Waals surface area contributed by atoms with Crippen LogP contribution in [-0.2, 0) is 13.0 Å². The molecule has 0 amide bonds. The van der Waals surface area contributed by atoms with Crippen LogP contribution in [0.5, 0.6) is 11.5 Å². The molecule has 3 aromatic carbocycles. The Morgan fingerprint density at radius 2 is 1.56 bits per heavy atom. The summed E-state index contributed by atoms with van der Waals surface area (Å²) in [4.78, 5) is 17.8. The number of nitrogens with one attached hydrogen (secondary N) is 1. The molecule has 0 aliphatic carbocycles. The van der Waals surface area contributed by atoms with Crippen LogP contribution in [0.2, 0.25) is 0 Å². The van der Waals surface area contributed by atoms with Crippen LogP contribution in [0.4, 0.5) is 5.95 Å². The summed E-state index contributed by atoms with van der Waals surface area (Å²) < 4.78 is 12.0. The van der Waals surface area contributed by atoms with E-state index < -0.39 is 0 Å². The lowest BCUT2D eigenvalue weighted by atomic mass is 10.1. The second-order valence-electron chi connectivity index (χ2n) is 7.14. The number of carbonyl (C=O) groups excluding carboxylic acids is 1. The van der Waals surface area contributed by atoms with Crippen LogP contribution < -0.4 is 14.8 Å². The monoisotopic (exact) mass is 428 g/mol. The Hall–Kier alpha value is -4.13. The van der Waals surface area contributed by atoms with Crippen LogP contribution in [0.3, 0.4) is 0 Å². The highest BCUT2D eigenvalue weighted by molar-refractivity contribution is 5.83. The maximum absolute atomic E-state index is 13.2. The Morgan fingerprint density at radius 3 is 2.25 bits per heavy atom. The van der Waals surface area contributed by atoms with Crippen molar-refractivity contribution in [1.29, 1.82) is 0 Å². The van der Waals surface area contributed by atoms with Crippen LogP contribution >= 0.6 is 0 Å². The molecule has 4 rings (SSSR count). The Labute approximate surface area is 186 Å². The third-order valence-electron chi connectivity index (χ3n) is 4.97. The quantitative estimate of drug-likeness (QED) is 0.447. The minimum absolute atomic E-state index is 0.137. The van der Waals surface area contributed by atoms with Gasteiger partial charge in [0.05, 0.1) is 20.6 Å². The maximum Gasteiger partial charge on any atom is 0.254 e. The topological polar surface area (TPSA) is 78.3 Å². The SMILES string of the molecule is COc1ccc(CC(=O)n2nc(-c3ccccc3)nc2NCc2ccccc2)cc1OC. The van der Waals surface area contributed by atoms with Crippen molar-refractivity contribution >= 4 is 11.9 Å². The zero-order chi connectivity index (χ0) is 22.3. The van der Waals surface area contributed by atoms with E-state index in [1.54, 1.807) is 26.4 Å². The van der Waals surface area contributed by atoms with Gasteiger partial charge >= 0.3 is 0 Å². The van der Waals surface area contributed by atoms with Gasteiger partial charge < -0.3 is 14.8 Å². The predicted molar refractivity (Wildman–Crippen MR) is 123 cm³/mol. The van der Waals surface area contributed by atoms with Crippen molar-refractivity contribution in [1.82, 2.24) is 14.8 Å². The second-order valence-corrected chi connectivity index (χ2v) is 7.14. The number of methoxy groups -OCH3 is 2. The highest BCUT2D eigenvalue weighted by Gasteiger charge is 2.18. The number of carbonyl (C=O) groups is 1. The Morgan fingerprint density at radius 1 is 0.875 bits per heavy atom. The van der Waals surface area contributed by atoms with E-state index in [1.807, 2.05) is 66.7 Å². The van der Waals surface area contributed by atoms with Gasteiger partial charge in [-0.1, -0.05) is 66.7 Å². The Kier molecular flexibility index (Phi) is 6.46. The highest BCUT2D eigenvalue weighted by Crippen LogP contribution is 2.28. The predicted octanol–water partition coefficient (Wildman–Crippen LogP) is 4.46. The molecule has 0 aliphatic rings. The number of nitrogens with zero attached hydrogens (tertiary/aromatic N) is 3. The molecule has 0 saturated heterocycles. The molecule has 7 heteroatoms. The molecule has 32 heavy (non-hydrogen) atoms. The van der Waals surface area contributed by atoms with Gasteiger partial charge in [-0.25, -0.2) is 0 Å². The third kappa shape index (κ3) is 4.78. The average molecular weight is 428 g/mol. The van der Waals surface area contributed by atoms with Gasteiger partial charge in [-0.3, -0.25) is 4.79 Å². The molecule has 0 unspecified atom stereocenters. The largest absolute Gasteiger partial charge is 0.493 e. The van der Waals surface area contributed by atoms with E-state index in [-0.39, 0.29) is 12.3 Å². The van der Waals surface area contributed by atoms with E-state index in [9.17, 15) is 4.79 Å². The Balaban J connectivity index is 1.62. The van der Waals surface area contributed by atoms with Gasteiger partial charge in [0, 0.05) is 12.1 Å². The van der Waals surface area contributed by atoms with Crippen LogP contribution in [0.1, 0.15) is 15.9 Å². The molecule has 0 spiro atoms. The molecular weight excluding hydrogens is 404 g/mol. The fraction of sp³-hybridized carbons (Fsp3) is 0.160. The molecule has 162 valence electrons. The van der Waals surface area contributed by atoms with E-state index >= 15 is 0 Å². The Bertz CT molecular complexity index is 1190. The molecule has 0 fully saturated rings. The van der Waals surface area contributed by atoms with Gasteiger partial charge in [0.15, 0.2) is 17.3 Å². The van der Waals surface area contributed by atoms with Crippen molar-refractivity contribution in [3.63, 3.8) is 0 Å². The summed E-state index contributed by atoms with van der Waals surface area (Å²) in [5, 5.41) is 7.75. The first-order valence-electron chi connectivity index (χ1n) is 10.2. The molecule has 1 heterocycles. The first-order valence-corrected chi connectivity index (χ1v) is 10.2. The van der Waals surface area contributed by atoms with Crippen molar-refractivity contribution in [2.75, 3.05) is 19.5 Å². The number of aromatic nitrogens is 3. The molecule has 1 N–H and O–H groups in total.